The van der Waals surface area contributed by atoms with Crippen molar-refractivity contribution in [1.29, 1.82) is 0 Å². The average molecular weight is 561 g/mol. The lowest BCUT2D eigenvalue weighted by atomic mass is 9.67. The number of hydrogen-bond acceptors (Lipinski definition) is 2. The second kappa shape index (κ2) is 15.5. The van der Waals surface area contributed by atoms with E-state index in [9.17, 15) is 18.7 Å². The van der Waals surface area contributed by atoms with Crippen LogP contribution in [0.15, 0.2) is 36.4 Å². The quantitative estimate of drug-likeness (QED) is 0.208. The molecule has 2 aromatic rings. The maximum atomic E-state index is 16.1. The van der Waals surface area contributed by atoms with Crippen LogP contribution in [0.4, 0.5) is 13.2 Å². The molecule has 1 unspecified atom stereocenters. The first-order valence-corrected chi connectivity index (χ1v) is 15.3. The summed E-state index contributed by atoms with van der Waals surface area (Å²) in [5.74, 6) is -5.05. The number of aliphatic carboxylic acids is 1. The molecule has 3 atom stereocenters. The molecule has 40 heavy (non-hydrogen) atoms. The summed E-state index contributed by atoms with van der Waals surface area (Å²) in [5.41, 5.74) is -0.928. The van der Waals surface area contributed by atoms with E-state index in [0.29, 0.717) is 25.0 Å². The Morgan fingerprint density at radius 2 is 1.50 bits per heavy atom. The van der Waals surface area contributed by atoms with Gasteiger partial charge in [0.15, 0.2) is 11.6 Å². The van der Waals surface area contributed by atoms with Gasteiger partial charge in [0.2, 0.25) is 11.5 Å². The monoisotopic (exact) mass is 560 g/mol. The SMILES string of the molecule is CCCCCCCCCCOc1ccc(-c2ccc(C(C)[C@H](C)[C@](F)(C(=O)O)C3CCCCC3)cc2)c(F)c1F. The molecule has 0 radical (unpaired) electrons. The van der Waals surface area contributed by atoms with Crippen LogP contribution in [0.25, 0.3) is 11.1 Å². The molecule has 0 heterocycles. The van der Waals surface area contributed by atoms with Gasteiger partial charge < -0.3 is 9.84 Å². The third-order valence-electron chi connectivity index (χ3n) is 8.99. The predicted molar refractivity (Wildman–Crippen MR) is 156 cm³/mol. The van der Waals surface area contributed by atoms with Crippen LogP contribution in [0.3, 0.4) is 0 Å². The highest BCUT2D eigenvalue weighted by atomic mass is 19.2. The number of carboxylic acids is 1. The largest absolute Gasteiger partial charge is 0.490 e. The molecule has 0 spiro atoms. The summed E-state index contributed by atoms with van der Waals surface area (Å²) in [6.07, 6.45) is 13.0. The molecule has 1 aliphatic rings. The Balaban J connectivity index is 1.61. The van der Waals surface area contributed by atoms with Gasteiger partial charge in [0, 0.05) is 17.4 Å². The molecule has 0 aromatic heterocycles. The molecule has 1 saturated carbocycles. The van der Waals surface area contributed by atoms with Gasteiger partial charge in [0.05, 0.1) is 6.61 Å². The van der Waals surface area contributed by atoms with Gasteiger partial charge in [-0.05, 0) is 48.4 Å². The van der Waals surface area contributed by atoms with E-state index in [0.717, 1.165) is 44.1 Å². The number of halogens is 3. The van der Waals surface area contributed by atoms with Crippen LogP contribution in [0.1, 0.15) is 116 Å². The molecular formula is C34H47F3O3. The van der Waals surface area contributed by atoms with Crippen molar-refractivity contribution in [2.24, 2.45) is 11.8 Å². The first-order valence-electron chi connectivity index (χ1n) is 15.3. The van der Waals surface area contributed by atoms with Gasteiger partial charge in [-0.2, -0.15) is 4.39 Å². The van der Waals surface area contributed by atoms with Gasteiger partial charge in [-0.3, -0.25) is 0 Å². The van der Waals surface area contributed by atoms with E-state index in [1.54, 1.807) is 31.2 Å². The fourth-order valence-corrected chi connectivity index (χ4v) is 6.17. The third kappa shape index (κ3) is 7.82. The fraction of sp³-hybridized carbons (Fsp3) is 0.618. The number of ether oxygens (including phenoxy) is 1. The number of hydrogen-bond donors (Lipinski definition) is 1. The second-order valence-corrected chi connectivity index (χ2v) is 11.7. The van der Waals surface area contributed by atoms with Crippen molar-refractivity contribution in [3.05, 3.63) is 53.6 Å². The lowest BCUT2D eigenvalue weighted by Gasteiger charge is -2.39. The van der Waals surface area contributed by atoms with Crippen molar-refractivity contribution in [2.75, 3.05) is 6.61 Å². The summed E-state index contributed by atoms with van der Waals surface area (Å²) in [6.45, 7) is 6.05. The number of unbranched alkanes of at least 4 members (excludes halogenated alkanes) is 7. The predicted octanol–water partition coefficient (Wildman–Crippen LogP) is 10.3. The number of carboxylic acid groups (broad SMARTS) is 1. The number of alkyl halides is 1. The standard InChI is InChI=1S/C34H47F3O3/c1-4-5-6-7-8-9-10-14-23-40-30-22-21-29(31(35)32(30)36)27-19-17-26(18-20-27)24(2)25(3)34(37,33(38)39)28-15-12-11-13-16-28/h17-22,24-25,28H,4-16,23H2,1-3H3,(H,38,39)/t24?,25-,34+/m0/s1. The zero-order chi connectivity index (χ0) is 29.1. The number of rotatable bonds is 16. The highest BCUT2D eigenvalue weighted by Gasteiger charge is 2.52. The van der Waals surface area contributed by atoms with E-state index in [-0.39, 0.29) is 17.2 Å². The zero-order valence-corrected chi connectivity index (χ0v) is 24.5. The number of carbonyl (C=O) groups is 1. The van der Waals surface area contributed by atoms with Crippen LogP contribution in [0, 0.1) is 23.5 Å². The Labute approximate surface area is 238 Å². The smallest absolute Gasteiger partial charge is 0.342 e. The van der Waals surface area contributed by atoms with E-state index in [4.69, 9.17) is 4.74 Å². The Morgan fingerprint density at radius 3 is 2.10 bits per heavy atom. The summed E-state index contributed by atoms with van der Waals surface area (Å²) in [6, 6.07) is 9.85. The van der Waals surface area contributed by atoms with Crippen LogP contribution in [-0.2, 0) is 4.79 Å². The summed E-state index contributed by atoms with van der Waals surface area (Å²) >= 11 is 0. The van der Waals surface area contributed by atoms with Crippen LogP contribution < -0.4 is 4.74 Å². The molecule has 0 amide bonds. The van der Waals surface area contributed by atoms with Crippen molar-refractivity contribution in [1.82, 2.24) is 0 Å². The Kier molecular flexibility index (Phi) is 12.4. The molecule has 222 valence electrons. The molecule has 0 aliphatic heterocycles. The summed E-state index contributed by atoms with van der Waals surface area (Å²) in [7, 11) is 0. The van der Waals surface area contributed by atoms with E-state index in [1.165, 1.54) is 44.2 Å². The zero-order valence-electron chi connectivity index (χ0n) is 24.5. The van der Waals surface area contributed by atoms with Gasteiger partial charge in [-0.15, -0.1) is 0 Å². The first kappa shape index (κ1) is 32.0. The molecular weight excluding hydrogens is 513 g/mol. The third-order valence-corrected chi connectivity index (χ3v) is 8.99. The maximum Gasteiger partial charge on any atom is 0.342 e. The minimum atomic E-state index is -2.31. The van der Waals surface area contributed by atoms with Crippen LogP contribution in [0.2, 0.25) is 0 Å². The van der Waals surface area contributed by atoms with Crippen molar-refractivity contribution in [3.63, 3.8) is 0 Å². The highest BCUT2D eigenvalue weighted by Crippen LogP contribution is 2.45. The summed E-state index contributed by atoms with van der Waals surface area (Å²) in [5, 5.41) is 9.89. The molecule has 6 heteroatoms. The molecule has 0 saturated heterocycles. The van der Waals surface area contributed by atoms with E-state index in [1.807, 2.05) is 6.92 Å². The van der Waals surface area contributed by atoms with Crippen molar-refractivity contribution in [3.8, 4) is 16.9 Å². The molecule has 1 fully saturated rings. The minimum absolute atomic E-state index is 0.0843. The Morgan fingerprint density at radius 1 is 0.900 bits per heavy atom. The Bertz CT molecular complexity index is 1060. The summed E-state index contributed by atoms with van der Waals surface area (Å²) < 4.78 is 51.4. The van der Waals surface area contributed by atoms with Gasteiger partial charge in [-0.1, -0.05) is 109 Å². The molecule has 3 nitrogen and oxygen atoms in total. The van der Waals surface area contributed by atoms with E-state index in [2.05, 4.69) is 6.92 Å². The summed E-state index contributed by atoms with van der Waals surface area (Å²) in [4.78, 5) is 12.1. The second-order valence-electron chi connectivity index (χ2n) is 11.7. The lowest BCUT2D eigenvalue weighted by molar-refractivity contribution is -0.162. The maximum absolute atomic E-state index is 16.1. The average Bonchev–Trinajstić information content (AvgIpc) is 2.97. The normalized spacial score (nSPS) is 17.2. The van der Waals surface area contributed by atoms with E-state index >= 15 is 4.39 Å². The highest BCUT2D eigenvalue weighted by molar-refractivity contribution is 5.78. The van der Waals surface area contributed by atoms with Crippen LogP contribution in [-0.4, -0.2) is 23.4 Å². The lowest BCUT2D eigenvalue weighted by Crippen LogP contribution is -2.49. The van der Waals surface area contributed by atoms with Gasteiger partial charge in [0.1, 0.15) is 0 Å². The van der Waals surface area contributed by atoms with Gasteiger partial charge in [-0.25, -0.2) is 13.6 Å². The molecule has 0 bridgehead atoms. The fourth-order valence-electron chi connectivity index (χ4n) is 6.17. The van der Waals surface area contributed by atoms with Gasteiger partial charge in [0.25, 0.3) is 0 Å². The molecule has 1 N–H and O–H groups in total. The van der Waals surface area contributed by atoms with Gasteiger partial charge >= 0.3 is 5.97 Å². The van der Waals surface area contributed by atoms with Crippen LogP contribution >= 0.6 is 0 Å². The van der Waals surface area contributed by atoms with Crippen molar-refractivity contribution < 1.29 is 27.8 Å². The Hall–Kier alpha value is -2.50. The number of benzene rings is 2. The molecule has 2 aromatic carbocycles. The molecule has 3 rings (SSSR count). The van der Waals surface area contributed by atoms with E-state index < -0.39 is 35.1 Å². The minimum Gasteiger partial charge on any atom is -0.490 e. The van der Waals surface area contributed by atoms with Crippen molar-refractivity contribution in [2.45, 2.75) is 116 Å². The van der Waals surface area contributed by atoms with Crippen molar-refractivity contribution >= 4 is 5.97 Å². The molecule has 1 aliphatic carbocycles. The topological polar surface area (TPSA) is 46.5 Å². The first-order chi connectivity index (χ1) is 19.2. The van der Waals surface area contributed by atoms with Crippen LogP contribution in [0.5, 0.6) is 5.75 Å².